The molecule has 44 heavy (non-hydrogen) atoms. The molecule has 1 aliphatic carbocycles. The van der Waals surface area contributed by atoms with Gasteiger partial charge in [0.2, 0.25) is 0 Å². The zero-order valence-corrected chi connectivity index (χ0v) is 27.9. The summed E-state index contributed by atoms with van der Waals surface area (Å²) in [7, 11) is 0. The number of rotatable bonds is 8. The quantitative estimate of drug-likeness (QED) is 0.107. The van der Waals surface area contributed by atoms with Gasteiger partial charge >= 0.3 is 0 Å². The molecule has 1 unspecified atom stereocenters. The number of amides is 2. The minimum absolute atomic E-state index is 0.00841. The van der Waals surface area contributed by atoms with E-state index in [0.717, 1.165) is 73.6 Å². The fourth-order valence-corrected chi connectivity index (χ4v) is 6.14. The van der Waals surface area contributed by atoms with Crippen molar-refractivity contribution in [3.8, 4) is 0 Å². The molecule has 1 saturated carbocycles. The highest BCUT2D eigenvalue weighted by atomic mass is 16.2. The summed E-state index contributed by atoms with van der Waals surface area (Å²) < 4.78 is 0. The normalized spacial score (nSPS) is 16.5. The number of nitrogens with two attached hydrogens (primary N) is 3. The second-order valence-corrected chi connectivity index (χ2v) is 12.9. The summed E-state index contributed by atoms with van der Waals surface area (Å²) in [5.74, 6) is 7.65. The van der Waals surface area contributed by atoms with Crippen molar-refractivity contribution in [3.05, 3.63) is 70.3 Å². The van der Waals surface area contributed by atoms with E-state index in [-0.39, 0.29) is 35.7 Å². The van der Waals surface area contributed by atoms with E-state index in [9.17, 15) is 9.59 Å². The lowest BCUT2D eigenvalue weighted by atomic mass is 9.85. The number of aliphatic imine (C=N–C) groups is 1. The number of hydrazine groups is 1. The molecule has 0 aromatic heterocycles. The molecule has 1 spiro atoms. The second-order valence-electron chi connectivity index (χ2n) is 12.9. The Hall–Kier alpha value is -3.56. The Labute approximate surface area is 264 Å². The third kappa shape index (κ3) is 9.47. The molecule has 2 aromatic rings. The lowest BCUT2D eigenvalue weighted by Gasteiger charge is -2.42. The monoisotopic (exact) mass is 605 g/mol. The van der Waals surface area contributed by atoms with Crippen LogP contribution in [0, 0.1) is 24.7 Å². The van der Waals surface area contributed by atoms with Gasteiger partial charge in [-0.2, -0.15) is 0 Å². The molecule has 1 fully saturated rings. The zero-order valence-electron chi connectivity index (χ0n) is 27.9. The standard InChI is InChI=1S/C33H45N5O2.C2H6.H4N2/c1-22-18-23(2)20-26(19-22)29-31(40)38(33(37-29)15-8-6-7-9-16-33)27(14-17-32(3,4)5)24-10-12-25(13-11-24)30(39)36-21-28(34)35;2*1-2/h10-13,18-20,27H,6-9,14-17,21H2,1-5H3,(H3,34,35)(H,36,39);1-2H3;1-2H2. The van der Waals surface area contributed by atoms with Crippen molar-refractivity contribution in [1.29, 1.82) is 5.41 Å². The molecular weight excluding hydrogens is 550 g/mol. The van der Waals surface area contributed by atoms with Gasteiger partial charge in [-0.15, -0.1) is 0 Å². The molecule has 9 nitrogen and oxygen atoms in total. The molecule has 0 saturated heterocycles. The maximum absolute atomic E-state index is 14.5. The average Bonchev–Trinajstić information content (AvgIpc) is 3.11. The number of hydrogen-bond donors (Lipinski definition) is 5. The molecule has 1 atom stereocenters. The number of aryl methyl sites for hydroxylation is 2. The van der Waals surface area contributed by atoms with E-state index in [1.807, 2.05) is 26.0 Å². The molecule has 2 aliphatic rings. The molecule has 0 bridgehead atoms. The summed E-state index contributed by atoms with van der Waals surface area (Å²) in [4.78, 5) is 34.5. The SMILES string of the molecule is CC.Cc1cc(C)cc(C2=NC3(CCCCCC3)N(C(CCC(C)(C)C)c3ccc(C(=O)NCC(=N)N)cc3)C2=O)c1.NN. The molecule has 1 heterocycles. The topological polar surface area (TPSA) is 164 Å². The van der Waals surface area contributed by atoms with Crippen LogP contribution in [0.3, 0.4) is 0 Å². The van der Waals surface area contributed by atoms with Crippen LogP contribution in [0.1, 0.15) is 125 Å². The highest BCUT2D eigenvalue weighted by Gasteiger charge is 2.50. The van der Waals surface area contributed by atoms with Crippen LogP contribution >= 0.6 is 0 Å². The molecule has 242 valence electrons. The fourth-order valence-electron chi connectivity index (χ4n) is 6.14. The molecule has 0 radical (unpaired) electrons. The fraction of sp³-hybridized carbons (Fsp3) is 0.543. The highest BCUT2D eigenvalue weighted by molar-refractivity contribution is 6.46. The summed E-state index contributed by atoms with van der Waals surface area (Å²) in [6.07, 6.45) is 7.90. The summed E-state index contributed by atoms with van der Waals surface area (Å²) in [6, 6.07) is 13.7. The van der Waals surface area contributed by atoms with E-state index < -0.39 is 5.66 Å². The van der Waals surface area contributed by atoms with Crippen molar-refractivity contribution < 1.29 is 9.59 Å². The predicted octanol–water partition coefficient (Wildman–Crippen LogP) is 6.06. The van der Waals surface area contributed by atoms with Gasteiger partial charge in [-0.05, 0) is 87.6 Å². The minimum atomic E-state index is -0.555. The molecule has 8 N–H and O–H groups in total. The molecule has 1 aliphatic heterocycles. The van der Waals surface area contributed by atoms with Crippen molar-refractivity contribution in [3.63, 3.8) is 0 Å². The van der Waals surface area contributed by atoms with Gasteiger partial charge in [-0.1, -0.05) is 76.8 Å². The van der Waals surface area contributed by atoms with Crippen LogP contribution in [0.2, 0.25) is 0 Å². The Balaban J connectivity index is 0.00000162. The molecule has 9 heteroatoms. The smallest absolute Gasteiger partial charge is 0.275 e. The second kappa shape index (κ2) is 16.5. The van der Waals surface area contributed by atoms with Gasteiger partial charge in [0.25, 0.3) is 11.8 Å². The molecule has 2 aromatic carbocycles. The van der Waals surface area contributed by atoms with E-state index in [1.54, 1.807) is 12.1 Å². The largest absolute Gasteiger partial charge is 0.386 e. The van der Waals surface area contributed by atoms with Crippen LogP contribution in [0.5, 0.6) is 0 Å². The number of benzene rings is 2. The summed E-state index contributed by atoms with van der Waals surface area (Å²) >= 11 is 0. The van der Waals surface area contributed by atoms with Crippen LogP contribution in [0.15, 0.2) is 47.5 Å². The number of hydrogen-bond acceptors (Lipinski definition) is 6. The van der Waals surface area contributed by atoms with Crippen LogP contribution < -0.4 is 22.7 Å². The third-order valence-electron chi connectivity index (χ3n) is 8.07. The number of nitrogens with zero attached hydrogens (tertiary/aromatic N) is 2. The first-order chi connectivity index (χ1) is 20.9. The van der Waals surface area contributed by atoms with Crippen molar-refractivity contribution in [1.82, 2.24) is 10.2 Å². The van der Waals surface area contributed by atoms with Gasteiger partial charge in [0, 0.05) is 11.1 Å². The summed E-state index contributed by atoms with van der Waals surface area (Å²) in [5.41, 5.74) is 10.2. The van der Waals surface area contributed by atoms with E-state index in [2.05, 4.69) is 74.7 Å². The Morgan fingerprint density at radius 3 is 2.05 bits per heavy atom. The zero-order chi connectivity index (χ0) is 33.1. The van der Waals surface area contributed by atoms with Gasteiger partial charge in [0.1, 0.15) is 17.2 Å². The van der Waals surface area contributed by atoms with Crippen molar-refractivity contribution >= 4 is 23.4 Å². The van der Waals surface area contributed by atoms with E-state index in [1.165, 1.54) is 0 Å². The van der Waals surface area contributed by atoms with E-state index in [4.69, 9.17) is 16.1 Å². The van der Waals surface area contributed by atoms with Crippen molar-refractivity contribution in [2.75, 3.05) is 6.54 Å². The molecular formula is C35H55N7O2. The van der Waals surface area contributed by atoms with Crippen LogP contribution in [0.4, 0.5) is 0 Å². The maximum atomic E-state index is 14.5. The van der Waals surface area contributed by atoms with Gasteiger partial charge in [-0.3, -0.25) is 31.7 Å². The van der Waals surface area contributed by atoms with Gasteiger partial charge in [0.15, 0.2) is 0 Å². The number of carbonyl (C=O) groups is 2. The number of nitrogens with one attached hydrogen (secondary N) is 2. The Kier molecular flexibility index (Phi) is 13.7. The number of amidine groups is 1. The predicted molar refractivity (Wildman–Crippen MR) is 182 cm³/mol. The minimum Gasteiger partial charge on any atom is -0.386 e. The molecule has 2 amide bonds. The first kappa shape index (κ1) is 36.6. The first-order valence-electron chi connectivity index (χ1n) is 16.0. The number of carbonyl (C=O) groups excluding carboxylic acids is 2. The highest BCUT2D eigenvalue weighted by Crippen LogP contribution is 2.46. The van der Waals surface area contributed by atoms with Gasteiger partial charge in [0.05, 0.1) is 12.6 Å². The summed E-state index contributed by atoms with van der Waals surface area (Å²) in [5, 5.41) is 10.0. The van der Waals surface area contributed by atoms with Gasteiger partial charge < -0.3 is 16.0 Å². The van der Waals surface area contributed by atoms with Crippen molar-refractivity contribution in [2.24, 2.45) is 27.8 Å². The lowest BCUT2D eigenvalue weighted by Crippen LogP contribution is -2.49. The van der Waals surface area contributed by atoms with Crippen molar-refractivity contribution in [2.45, 2.75) is 112 Å². The summed E-state index contributed by atoms with van der Waals surface area (Å²) in [6.45, 7) is 14.8. The Bertz CT molecular complexity index is 1270. The first-order valence-corrected chi connectivity index (χ1v) is 16.0. The van der Waals surface area contributed by atoms with Crippen LogP contribution in [-0.4, -0.2) is 40.5 Å². The van der Waals surface area contributed by atoms with Crippen LogP contribution in [0.25, 0.3) is 0 Å². The molecule has 4 rings (SSSR count). The van der Waals surface area contributed by atoms with E-state index in [0.29, 0.717) is 11.3 Å². The third-order valence-corrected chi connectivity index (χ3v) is 8.07. The Morgan fingerprint density at radius 2 is 1.55 bits per heavy atom. The Morgan fingerprint density at radius 1 is 1.00 bits per heavy atom. The maximum Gasteiger partial charge on any atom is 0.275 e. The lowest BCUT2D eigenvalue weighted by molar-refractivity contribution is -0.132. The van der Waals surface area contributed by atoms with Crippen LogP contribution in [-0.2, 0) is 4.79 Å². The average molecular weight is 606 g/mol. The van der Waals surface area contributed by atoms with Gasteiger partial charge in [-0.25, -0.2) is 0 Å². The van der Waals surface area contributed by atoms with E-state index >= 15 is 0 Å².